The number of aliphatic hydroxyl groups excluding tert-OH is 1. The van der Waals surface area contributed by atoms with E-state index in [1.54, 1.807) is 0 Å². The molecule has 0 aliphatic carbocycles. The van der Waals surface area contributed by atoms with Gasteiger partial charge < -0.3 is 9.66 Å². The maximum Gasteiger partial charge on any atom is 1.00 e. The molecule has 0 aromatic heterocycles. The monoisotopic (exact) mass is 372 g/mol. The Bertz CT molecular complexity index is 347. The molecule has 24 heavy (non-hydrogen) atoms. The molecule has 0 heterocycles. The zero-order valence-corrected chi connectivity index (χ0v) is 18.8. The van der Waals surface area contributed by atoms with Gasteiger partial charge in [-0.05, 0) is 19.3 Å². The predicted molar refractivity (Wildman–Crippen MR) is 95.5 cm³/mol. The molecule has 140 valence electrons. The van der Waals surface area contributed by atoms with E-state index in [1.165, 1.54) is 38.5 Å². The molecule has 0 aliphatic heterocycles. The number of hydrogen-bond acceptors (Lipinski definition) is 4. The Labute approximate surface area is 172 Å². The summed E-state index contributed by atoms with van der Waals surface area (Å²) in [6.07, 6.45) is 15.1. The Morgan fingerprint density at radius 3 is 1.50 bits per heavy atom. The maximum atomic E-state index is 11.3. The van der Waals surface area contributed by atoms with Gasteiger partial charge in [0.2, 0.25) is 0 Å². The van der Waals surface area contributed by atoms with E-state index in [9.17, 15) is 13.0 Å². The van der Waals surface area contributed by atoms with Crippen LogP contribution in [0.5, 0.6) is 0 Å². The molecule has 4 nitrogen and oxygen atoms in total. The molecule has 0 bridgehead atoms. The average Bonchev–Trinajstić information content (AvgIpc) is 2.50. The standard InChI is InChI=1S/C18H38O4S.Na/c1-2-3-4-5-6-7-8-9-12-15-18(23(20,21)22)16-13-10-11-14-17-19;/h18-19H,2-17H2,1H3,(H,20,21,22);/q;+1/p-1. The fourth-order valence-electron chi connectivity index (χ4n) is 2.95. The number of unbranched alkanes of at least 4 members (excludes halogenated alkanes) is 11. The molecule has 0 fully saturated rings. The van der Waals surface area contributed by atoms with Crippen LogP contribution in [0.15, 0.2) is 0 Å². The molecule has 0 spiro atoms. The smallest absolute Gasteiger partial charge is 0.748 e. The molecule has 6 heteroatoms. The minimum absolute atomic E-state index is 0. The fraction of sp³-hybridized carbons (Fsp3) is 1.00. The molecule has 1 atom stereocenters. The average molecular weight is 373 g/mol. The summed E-state index contributed by atoms with van der Waals surface area (Å²) >= 11 is 0. The van der Waals surface area contributed by atoms with Gasteiger partial charge in [0.15, 0.2) is 0 Å². The number of hydrogen-bond donors (Lipinski definition) is 1. The topological polar surface area (TPSA) is 77.4 Å². The van der Waals surface area contributed by atoms with E-state index in [0.717, 1.165) is 44.9 Å². The SMILES string of the molecule is CCCCCCCCCCCC(CCCCCCO)S(=O)(=O)[O-].[Na+]. The zero-order chi connectivity index (χ0) is 17.4. The van der Waals surface area contributed by atoms with Gasteiger partial charge in [0.25, 0.3) is 0 Å². The first-order chi connectivity index (χ1) is 11.0. The summed E-state index contributed by atoms with van der Waals surface area (Å²) in [5, 5.41) is 8.00. The molecular weight excluding hydrogens is 335 g/mol. The van der Waals surface area contributed by atoms with E-state index in [-0.39, 0.29) is 36.2 Å². The molecule has 0 aromatic carbocycles. The van der Waals surface area contributed by atoms with E-state index in [0.29, 0.717) is 12.8 Å². The molecule has 0 radical (unpaired) electrons. The van der Waals surface area contributed by atoms with Gasteiger partial charge in [0.1, 0.15) is 0 Å². The molecule has 1 unspecified atom stereocenters. The molecule has 0 aliphatic rings. The fourth-order valence-corrected chi connectivity index (χ4v) is 3.86. The van der Waals surface area contributed by atoms with Crippen molar-refractivity contribution in [1.29, 1.82) is 0 Å². The molecule has 1 N–H and O–H groups in total. The summed E-state index contributed by atoms with van der Waals surface area (Å²) in [7, 11) is -4.16. The largest absolute Gasteiger partial charge is 1.00 e. The van der Waals surface area contributed by atoms with E-state index in [4.69, 9.17) is 5.11 Å². The normalized spacial score (nSPS) is 12.8. The van der Waals surface area contributed by atoms with Gasteiger partial charge in [0.05, 0.1) is 10.1 Å². The first-order valence-corrected chi connectivity index (χ1v) is 11.0. The first-order valence-electron chi connectivity index (χ1n) is 9.58. The van der Waals surface area contributed by atoms with Crippen molar-refractivity contribution in [2.45, 2.75) is 108 Å². The van der Waals surface area contributed by atoms with Gasteiger partial charge >= 0.3 is 29.6 Å². The number of aliphatic hydroxyl groups is 1. The quantitative estimate of drug-likeness (QED) is 0.240. The van der Waals surface area contributed by atoms with Crippen LogP contribution in [0.2, 0.25) is 0 Å². The van der Waals surface area contributed by atoms with Crippen molar-refractivity contribution in [3.8, 4) is 0 Å². The van der Waals surface area contributed by atoms with Crippen molar-refractivity contribution in [2.24, 2.45) is 0 Å². The van der Waals surface area contributed by atoms with Crippen LogP contribution in [0, 0.1) is 0 Å². The van der Waals surface area contributed by atoms with Gasteiger partial charge in [-0.15, -0.1) is 0 Å². The minimum atomic E-state index is -4.16. The van der Waals surface area contributed by atoms with Crippen LogP contribution in [0.25, 0.3) is 0 Å². The zero-order valence-electron chi connectivity index (χ0n) is 16.0. The second-order valence-corrected chi connectivity index (χ2v) is 8.31. The molecule has 0 aromatic rings. The van der Waals surface area contributed by atoms with Crippen molar-refractivity contribution < 1.29 is 47.6 Å². The summed E-state index contributed by atoms with van der Waals surface area (Å²) in [6, 6.07) is 0. The van der Waals surface area contributed by atoms with Crippen molar-refractivity contribution in [3.63, 3.8) is 0 Å². The Balaban J connectivity index is 0. The van der Waals surface area contributed by atoms with Crippen LogP contribution in [-0.4, -0.2) is 29.9 Å². The van der Waals surface area contributed by atoms with E-state index in [2.05, 4.69) is 6.92 Å². The summed E-state index contributed by atoms with van der Waals surface area (Å²) in [5.74, 6) is 0. The minimum Gasteiger partial charge on any atom is -0.748 e. The van der Waals surface area contributed by atoms with E-state index < -0.39 is 15.4 Å². The first kappa shape index (κ1) is 27.1. The van der Waals surface area contributed by atoms with Crippen LogP contribution in [0.1, 0.15) is 103 Å². The molecule has 0 amide bonds. The molecular formula is C18H37NaO4S. The third-order valence-corrected chi connectivity index (χ3v) is 5.76. The molecule has 0 rings (SSSR count). The van der Waals surface area contributed by atoms with Crippen LogP contribution in [0.3, 0.4) is 0 Å². The molecule has 0 saturated carbocycles. The molecule has 0 saturated heterocycles. The van der Waals surface area contributed by atoms with E-state index >= 15 is 0 Å². The predicted octanol–water partition coefficient (Wildman–Crippen LogP) is 1.77. The van der Waals surface area contributed by atoms with Gasteiger partial charge in [0, 0.05) is 11.9 Å². The van der Waals surface area contributed by atoms with Gasteiger partial charge in [-0.25, -0.2) is 8.42 Å². The maximum absolute atomic E-state index is 11.3. The third kappa shape index (κ3) is 17.7. The van der Waals surface area contributed by atoms with Crippen molar-refractivity contribution in [1.82, 2.24) is 0 Å². The summed E-state index contributed by atoms with van der Waals surface area (Å²) in [6.45, 7) is 2.40. The van der Waals surface area contributed by atoms with Gasteiger partial charge in [-0.2, -0.15) is 0 Å². The Morgan fingerprint density at radius 1 is 0.750 bits per heavy atom. The van der Waals surface area contributed by atoms with Crippen LogP contribution in [0.4, 0.5) is 0 Å². The summed E-state index contributed by atoms with van der Waals surface area (Å²) < 4.78 is 34.0. The number of rotatable bonds is 17. The second-order valence-electron chi connectivity index (χ2n) is 6.66. The van der Waals surface area contributed by atoms with Gasteiger partial charge in [-0.3, -0.25) is 0 Å². The van der Waals surface area contributed by atoms with Crippen molar-refractivity contribution in [2.75, 3.05) is 6.61 Å². The van der Waals surface area contributed by atoms with Gasteiger partial charge in [-0.1, -0.05) is 84.0 Å². The van der Waals surface area contributed by atoms with Crippen molar-refractivity contribution >= 4 is 10.1 Å². The van der Waals surface area contributed by atoms with Crippen LogP contribution >= 0.6 is 0 Å². The Kier molecular flexibility index (Phi) is 21.1. The van der Waals surface area contributed by atoms with Crippen LogP contribution in [-0.2, 0) is 10.1 Å². The second kappa shape index (κ2) is 18.7. The third-order valence-electron chi connectivity index (χ3n) is 4.47. The van der Waals surface area contributed by atoms with Crippen molar-refractivity contribution in [3.05, 3.63) is 0 Å². The Hall–Kier alpha value is 0.870. The summed E-state index contributed by atoms with van der Waals surface area (Å²) in [5.41, 5.74) is 0. The summed E-state index contributed by atoms with van der Waals surface area (Å²) in [4.78, 5) is 0. The Morgan fingerprint density at radius 2 is 1.12 bits per heavy atom. The van der Waals surface area contributed by atoms with E-state index in [1.807, 2.05) is 0 Å². The van der Waals surface area contributed by atoms with Crippen LogP contribution < -0.4 is 29.6 Å².